The fourth-order valence-corrected chi connectivity index (χ4v) is 3.70. The van der Waals surface area contributed by atoms with E-state index >= 15 is 0 Å². The van der Waals surface area contributed by atoms with Crippen LogP contribution in [0.25, 0.3) is 10.2 Å². The van der Waals surface area contributed by atoms with Crippen molar-refractivity contribution >= 4 is 33.1 Å². The maximum Gasteiger partial charge on any atom is 0.263 e. The van der Waals surface area contributed by atoms with Crippen molar-refractivity contribution in [2.75, 3.05) is 32.4 Å². The van der Waals surface area contributed by atoms with Crippen LogP contribution in [-0.2, 0) is 0 Å². The van der Waals surface area contributed by atoms with E-state index in [-0.39, 0.29) is 5.91 Å². The molecule has 0 unspecified atom stereocenters. The number of nitrogens with two attached hydrogens (primary N) is 1. The number of nitrogens with zero attached hydrogens (tertiary/aromatic N) is 2. The Morgan fingerprint density at radius 2 is 2.29 bits per heavy atom. The number of hydrogen-bond donors (Lipinski definition) is 2. The van der Waals surface area contributed by atoms with Gasteiger partial charge in [0.25, 0.3) is 5.91 Å². The summed E-state index contributed by atoms with van der Waals surface area (Å²) in [5, 5.41) is 3.03. The predicted octanol–water partition coefficient (Wildman–Crippen LogP) is 1.95. The monoisotopic (exact) mass is 304 g/mol. The summed E-state index contributed by atoms with van der Waals surface area (Å²) in [6.07, 6.45) is 3.98. The first kappa shape index (κ1) is 14.3. The van der Waals surface area contributed by atoms with Gasteiger partial charge in [-0.1, -0.05) is 0 Å². The van der Waals surface area contributed by atoms with Crippen molar-refractivity contribution in [2.24, 2.45) is 5.92 Å². The Balaban J connectivity index is 1.65. The number of thiophene rings is 1. The summed E-state index contributed by atoms with van der Waals surface area (Å²) < 4.78 is 0.958. The lowest BCUT2D eigenvalue weighted by atomic mass is 9.97. The molecule has 3 N–H and O–H groups in total. The molecule has 1 saturated heterocycles. The second-order valence-electron chi connectivity index (χ2n) is 5.65. The zero-order chi connectivity index (χ0) is 14.8. The number of pyridine rings is 1. The first-order chi connectivity index (χ1) is 10.1. The average molecular weight is 304 g/mol. The Kier molecular flexibility index (Phi) is 4.07. The van der Waals surface area contributed by atoms with Crippen LogP contribution in [0.4, 0.5) is 5.69 Å². The highest BCUT2D eigenvalue weighted by Gasteiger charge is 2.20. The zero-order valence-electron chi connectivity index (χ0n) is 12.1. The first-order valence-electron chi connectivity index (χ1n) is 7.25. The Hall–Kier alpha value is -1.66. The molecule has 1 amide bonds. The van der Waals surface area contributed by atoms with E-state index in [1.807, 2.05) is 12.1 Å². The second kappa shape index (κ2) is 5.99. The topological polar surface area (TPSA) is 71.2 Å². The molecule has 21 heavy (non-hydrogen) atoms. The van der Waals surface area contributed by atoms with Crippen LogP contribution in [0.2, 0.25) is 0 Å². The number of aromatic nitrogens is 1. The summed E-state index contributed by atoms with van der Waals surface area (Å²) in [4.78, 5) is 19.5. The number of rotatable bonds is 3. The lowest BCUT2D eigenvalue weighted by Crippen LogP contribution is -2.36. The zero-order valence-corrected chi connectivity index (χ0v) is 12.9. The van der Waals surface area contributed by atoms with Crippen LogP contribution >= 0.6 is 11.3 Å². The van der Waals surface area contributed by atoms with Crippen LogP contribution < -0.4 is 11.1 Å². The number of carbonyl (C=O) groups is 1. The van der Waals surface area contributed by atoms with Crippen molar-refractivity contribution in [1.82, 2.24) is 15.2 Å². The van der Waals surface area contributed by atoms with Crippen LogP contribution in [0.3, 0.4) is 0 Å². The standard InChI is InChI=1S/C15H20N4OS/c1-19-7-4-10(5-8-19)9-18-15(20)14-12(16)13-11(21-14)3-2-6-17-13/h2-3,6,10H,4-5,7-9,16H2,1H3,(H,18,20). The van der Waals surface area contributed by atoms with Crippen molar-refractivity contribution in [3.63, 3.8) is 0 Å². The van der Waals surface area contributed by atoms with Gasteiger partial charge in [-0.2, -0.15) is 0 Å². The van der Waals surface area contributed by atoms with Crippen LogP contribution in [0.1, 0.15) is 22.5 Å². The van der Waals surface area contributed by atoms with E-state index in [9.17, 15) is 4.79 Å². The quantitative estimate of drug-likeness (QED) is 0.909. The van der Waals surface area contributed by atoms with Crippen LogP contribution in [0.5, 0.6) is 0 Å². The Morgan fingerprint density at radius 3 is 3.00 bits per heavy atom. The molecule has 112 valence electrons. The van der Waals surface area contributed by atoms with Gasteiger partial charge in [-0.05, 0) is 51.0 Å². The highest BCUT2D eigenvalue weighted by molar-refractivity contribution is 7.21. The van der Waals surface area contributed by atoms with Gasteiger partial charge in [-0.25, -0.2) is 0 Å². The van der Waals surface area contributed by atoms with E-state index in [1.165, 1.54) is 11.3 Å². The van der Waals surface area contributed by atoms with Crippen molar-refractivity contribution in [3.8, 4) is 0 Å². The number of nitrogen functional groups attached to an aromatic ring is 1. The Morgan fingerprint density at radius 1 is 1.52 bits per heavy atom. The van der Waals surface area contributed by atoms with E-state index in [2.05, 4.69) is 22.2 Å². The molecule has 6 heteroatoms. The fraction of sp³-hybridized carbons (Fsp3) is 0.467. The molecule has 5 nitrogen and oxygen atoms in total. The number of likely N-dealkylation sites (tertiary alicyclic amines) is 1. The molecular weight excluding hydrogens is 284 g/mol. The fourth-order valence-electron chi connectivity index (χ4n) is 2.70. The van der Waals surface area contributed by atoms with Gasteiger partial charge in [0.05, 0.1) is 10.4 Å². The molecule has 0 spiro atoms. The molecule has 1 aliphatic heterocycles. The van der Waals surface area contributed by atoms with Gasteiger partial charge in [0, 0.05) is 12.7 Å². The van der Waals surface area contributed by atoms with Gasteiger partial charge in [-0.3, -0.25) is 9.78 Å². The Labute approximate surface area is 128 Å². The normalized spacial score (nSPS) is 17.2. The Bertz CT molecular complexity index is 646. The third-order valence-corrected chi connectivity index (χ3v) is 5.24. The average Bonchev–Trinajstić information content (AvgIpc) is 2.84. The first-order valence-corrected chi connectivity index (χ1v) is 8.06. The highest BCUT2D eigenvalue weighted by Crippen LogP contribution is 2.31. The molecule has 0 saturated carbocycles. The number of piperidine rings is 1. The molecule has 2 aromatic heterocycles. The van der Waals surface area contributed by atoms with Crippen molar-refractivity contribution in [3.05, 3.63) is 23.2 Å². The summed E-state index contributed by atoms with van der Waals surface area (Å²) in [7, 11) is 2.14. The van der Waals surface area contributed by atoms with Crippen LogP contribution in [-0.4, -0.2) is 42.5 Å². The number of nitrogens with one attached hydrogen (secondary N) is 1. The SMILES string of the molecule is CN1CCC(CNC(=O)c2sc3cccnc3c2N)CC1. The van der Waals surface area contributed by atoms with Gasteiger partial charge in [-0.15, -0.1) is 11.3 Å². The molecule has 1 fully saturated rings. The maximum absolute atomic E-state index is 12.3. The largest absolute Gasteiger partial charge is 0.396 e. The number of amides is 1. The summed E-state index contributed by atoms with van der Waals surface area (Å²) >= 11 is 1.41. The minimum absolute atomic E-state index is 0.0746. The van der Waals surface area contributed by atoms with E-state index in [0.717, 1.165) is 42.7 Å². The lowest BCUT2D eigenvalue weighted by Gasteiger charge is -2.28. The minimum atomic E-state index is -0.0746. The summed E-state index contributed by atoms with van der Waals surface area (Å²) in [5.74, 6) is 0.494. The molecule has 2 aromatic rings. The third kappa shape index (κ3) is 3.01. The predicted molar refractivity (Wildman–Crippen MR) is 86.6 cm³/mol. The number of fused-ring (bicyclic) bond motifs is 1. The molecule has 3 heterocycles. The molecule has 0 aliphatic carbocycles. The van der Waals surface area contributed by atoms with Gasteiger partial charge in [0.1, 0.15) is 10.4 Å². The molecule has 1 aliphatic rings. The summed E-state index contributed by atoms with van der Waals surface area (Å²) in [6, 6.07) is 3.80. The molecule has 0 radical (unpaired) electrons. The smallest absolute Gasteiger partial charge is 0.263 e. The van der Waals surface area contributed by atoms with Gasteiger partial charge >= 0.3 is 0 Å². The van der Waals surface area contributed by atoms with Crippen molar-refractivity contribution in [2.45, 2.75) is 12.8 Å². The molecule has 0 bridgehead atoms. The summed E-state index contributed by atoms with van der Waals surface area (Å²) in [6.45, 7) is 2.94. The molecular formula is C15H20N4OS. The van der Waals surface area contributed by atoms with Crippen molar-refractivity contribution < 1.29 is 4.79 Å². The lowest BCUT2D eigenvalue weighted by molar-refractivity contribution is 0.0944. The van der Waals surface area contributed by atoms with Gasteiger partial charge in [0.15, 0.2) is 0 Å². The summed E-state index contributed by atoms with van der Waals surface area (Å²) in [5.41, 5.74) is 7.27. The number of anilines is 1. The second-order valence-corrected chi connectivity index (χ2v) is 6.70. The van der Waals surface area contributed by atoms with E-state index in [4.69, 9.17) is 5.73 Å². The van der Waals surface area contributed by atoms with Crippen LogP contribution in [0, 0.1) is 5.92 Å². The van der Waals surface area contributed by atoms with Crippen molar-refractivity contribution in [1.29, 1.82) is 0 Å². The third-order valence-electron chi connectivity index (χ3n) is 4.08. The maximum atomic E-state index is 12.3. The number of carbonyl (C=O) groups excluding carboxylic acids is 1. The van der Waals surface area contributed by atoms with Crippen LogP contribution in [0.15, 0.2) is 18.3 Å². The number of hydrogen-bond acceptors (Lipinski definition) is 5. The van der Waals surface area contributed by atoms with Gasteiger partial charge < -0.3 is 16.0 Å². The van der Waals surface area contributed by atoms with E-state index in [0.29, 0.717) is 16.5 Å². The molecule has 0 aromatic carbocycles. The minimum Gasteiger partial charge on any atom is -0.396 e. The highest BCUT2D eigenvalue weighted by atomic mass is 32.1. The molecule has 3 rings (SSSR count). The molecule has 0 atom stereocenters. The van der Waals surface area contributed by atoms with E-state index < -0.39 is 0 Å². The van der Waals surface area contributed by atoms with E-state index in [1.54, 1.807) is 6.20 Å². The van der Waals surface area contributed by atoms with Gasteiger partial charge in [0.2, 0.25) is 0 Å².